The second-order valence-electron chi connectivity index (χ2n) is 8.37. The fourth-order valence-corrected chi connectivity index (χ4v) is 4.50. The van der Waals surface area contributed by atoms with Crippen molar-refractivity contribution in [3.8, 4) is 0 Å². The molecule has 7 nitrogen and oxygen atoms in total. The van der Waals surface area contributed by atoms with E-state index in [0.717, 1.165) is 24.0 Å². The molecule has 32 heavy (non-hydrogen) atoms. The predicted molar refractivity (Wildman–Crippen MR) is 125 cm³/mol. The van der Waals surface area contributed by atoms with Gasteiger partial charge in [-0.2, -0.15) is 5.10 Å². The van der Waals surface area contributed by atoms with Crippen molar-refractivity contribution >= 4 is 22.5 Å². The van der Waals surface area contributed by atoms with Crippen LogP contribution in [-0.2, 0) is 6.54 Å². The molecule has 7 heteroatoms. The van der Waals surface area contributed by atoms with Crippen LogP contribution in [0.5, 0.6) is 0 Å². The third-order valence-electron chi connectivity index (χ3n) is 6.18. The summed E-state index contributed by atoms with van der Waals surface area (Å²) in [5.74, 6) is -0.118. The lowest BCUT2D eigenvalue weighted by atomic mass is 10.1. The number of benzene rings is 2. The van der Waals surface area contributed by atoms with Gasteiger partial charge < -0.3 is 14.8 Å². The van der Waals surface area contributed by atoms with Crippen LogP contribution in [0, 0.1) is 0 Å². The highest BCUT2D eigenvalue weighted by Gasteiger charge is 2.15. The van der Waals surface area contributed by atoms with Crippen LogP contribution in [0.15, 0.2) is 65.6 Å². The van der Waals surface area contributed by atoms with Crippen molar-refractivity contribution in [2.24, 2.45) is 0 Å². The van der Waals surface area contributed by atoms with Crippen LogP contribution in [0.25, 0.3) is 16.6 Å². The highest BCUT2D eigenvalue weighted by Crippen LogP contribution is 2.18. The minimum Gasteiger partial charge on any atom is -0.352 e. The van der Waals surface area contributed by atoms with Gasteiger partial charge in [-0.05, 0) is 68.7 Å². The van der Waals surface area contributed by atoms with Crippen molar-refractivity contribution < 1.29 is 4.79 Å². The van der Waals surface area contributed by atoms with Gasteiger partial charge in [-0.3, -0.25) is 9.59 Å². The van der Waals surface area contributed by atoms with E-state index in [1.807, 2.05) is 36.4 Å². The van der Waals surface area contributed by atoms with E-state index in [0.29, 0.717) is 29.7 Å². The summed E-state index contributed by atoms with van der Waals surface area (Å²) in [7, 11) is 0. The maximum Gasteiger partial charge on any atom is 0.277 e. The number of likely N-dealkylation sites (tertiary alicyclic amines) is 1. The van der Waals surface area contributed by atoms with Crippen molar-refractivity contribution in [3.05, 3.63) is 82.3 Å². The Morgan fingerprint density at radius 3 is 2.59 bits per heavy atom. The Kier molecular flexibility index (Phi) is 5.73. The van der Waals surface area contributed by atoms with Crippen molar-refractivity contribution in [2.45, 2.75) is 25.8 Å². The lowest BCUT2D eigenvalue weighted by molar-refractivity contribution is 0.0952. The summed E-state index contributed by atoms with van der Waals surface area (Å²) < 4.78 is 3.38. The maximum atomic E-state index is 13.2. The first-order valence-corrected chi connectivity index (χ1v) is 11.3. The quantitative estimate of drug-likeness (QED) is 0.459. The smallest absolute Gasteiger partial charge is 0.277 e. The van der Waals surface area contributed by atoms with E-state index in [9.17, 15) is 9.59 Å². The minimum absolute atomic E-state index is 0.118. The molecule has 0 saturated carbocycles. The minimum atomic E-state index is -0.123. The summed E-state index contributed by atoms with van der Waals surface area (Å²) in [6.07, 6.45) is 5.12. The Morgan fingerprint density at radius 1 is 0.969 bits per heavy atom. The topological polar surface area (TPSA) is 71.6 Å². The van der Waals surface area contributed by atoms with Crippen LogP contribution in [0.3, 0.4) is 0 Å². The molecular formula is C25H27N5O2. The van der Waals surface area contributed by atoms with E-state index in [4.69, 9.17) is 0 Å². The van der Waals surface area contributed by atoms with Gasteiger partial charge in [-0.15, -0.1) is 0 Å². The van der Waals surface area contributed by atoms with E-state index in [2.05, 4.69) is 15.3 Å². The molecule has 3 heterocycles. The molecule has 1 saturated heterocycles. The molecule has 4 aromatic rings. The summed E-state index contributed by atoms with van der Waals surface area (Å²) in [5, 5.41) is 7.36. The zero-order chi connectivity index (χ0) is 21.9. The average Bonchev–Trinajstić information content (AvgIpc) is 3.52. The molecule has 0 atom stereocenters. The van der Waals surface area contributed by atoms with Gasteiger partial charge in [-0.25, -0.2) is 4.52 Å². The SMILES string of the molecule is O=C(NCCCN1CCCC1)c1ccc2c(c1)n(Cc1ccccc1)c(=O)c1ccnn12. The van der Waals surface area contributed by atoms with Gasteiger partial charge in [-0.1, -0.05) is 30.3 Å². The zero-order valence-electron chi connectivity index (χ0n) is 18.0. The van der Waals surface area contributed by atoms with Crippen molar-refractivity contribution in [1.29, 1.82) is 0 Å². The molecule has 0 aliphatic carbocycles. The Labute approximate surface area is 186 Å². The number of amides is 1. The predicted octanol–water partition coefficient (Wildman–Crippen LogP) is 2.91. The number of hydrogen-bond acceptors (Lipinski definition) is 4. The zero-order valence-corrected chi connectivity index (χ0v) is 18.0. The van der Waals surface area contributed by atoms with Gasteiger partial charge >= 0.3 is 0 Å². The molecule has 1 aliphatic rings. The summed E-state index contributed by atoms with van der Waals surface area (Å²) in [4.78, 5) is 28.5. The van der Waals surface area contributed by atoms with Gasteiger partial charge in [0.25, 0.3) is 11.5 Å². The van der Waals surface area contributed by atoms with E-state index in [-0.39, 0.29) is 11.5 Å². The van der Waals surface area contributed by atoms with Crippen molar-refractivity contribution in [1.82, 2.24) is 24.4 Å². The van der Waals surface area contributed by atoms with Crippen LogP contribution in [0.1, 0.15) is 35.2 Å². The van der Waals surface area contributed by atoms with Gasteiger partial charge in [0.2, 0.25) is 0 Å². The molecule has 0 spiro atoms. The summed E-state index contributed by atoms with van der Waals surface area (Å²) >= 11 is 0. The number of rotatable bonds is 7. The lowest BCUT2D eigenvalue weighted by Gasteiger charge is -2.15. The number of nitrogens with one attached hydrogen (secondary N) is 1. The fraction of sp³-hybridized carbons (Fsp3) is 0.320. The Balaban J connectivity index is 1.43. The van der Waals surface area contributed by atoms with Gasteiger partial charge in [0.05, 0.1) is 23.8 Å². The number of fused-ring (bicyclic) bond motifs is 3. The molecule has 0 unspecified atom stereocenters. The van der Waals surface area contributed by atoms with E-state index in [1.54, 1.807) is 33.5 Å². The summed E-state index contributed by atoms with van der Waals surface area (Å²) in [5.41, 5.74) is 3.46. The Bertz CT molecular complexity index is 1300. The van der Waals surface area contributed by atoms with E-state index in [1.165, 1.54) is 25.9 Å². The summed E-state index contributed by atoms with van der Waals surface area (Å²) in [6.45, 7) is 4.42. The van der Waals surface area contributed by atoms with E-state index >= 15 is 0 Å². The third-order valence-corrected chi connectivity index (χ3v) is 6.18. The normalized spacial score (nSPS) is 14.4. The lowest BCUT2D eigenvalue weighted by Crippen LogP contribution is -2.29. The van der Waals surface area contributed by atoms with E-state index < -0.39 is 0 Å². The van der Waals surface area contributed by atoms with Gasteiger partial charge in [0, 0.05) is 12.1 Å². The fourth-order valence-electron chi connectivity index (χ4n) is 4.50. The largest absolute Gasteiger partial charge is 0.352 e. The number of hydrogen-bond donors (Lipinski definition) is 1. The molecule has 5 rings (SSSR count). The molecule has 0 bridgehead atoms. The second kappa shape index (κ2) is 8.96. The first kappa shape index (κ1) is 20.5. The molecule has 0 radical (unpaired) electrons. The monoisotopic (exact) mass is 429 g/mol. The highest BCUT2D eigenvalue weighted by molar-refractivity contribution is 5.97. The molecular weight excluding hydrogens is 402 g/mol. The molecule has 1 N–H and O–H groups in total. The number of carbonyl (C=O) groups excluding carboxylic acids is 1. The molecule has 164 valence electrons. The average molecular weight is 430 g/mol. The van der Waals surface area contributed by atoms with Crippen molar-refractivity contribution in [3.63, 3.8) is 0 Å². The van der Waals surface area contributed by atoms with Gasteiger partial charge in [0.15, 0.2) is 0 Å². The van der Waals surface area contributed by atoms with Crippen LogP contribution in [-0.4, -0.2) is 51.2 Å². The first-order valence-electron chi connectivity index (χ1n) is 11.3. The third kappa shape index (κ3) is 4.03. The summed E-state index contributed by atoms with van der Waals surface area (Å²) in [6, 6.07) is 17.1. The van der Waals surface area contributed by atoms with Crippen LogP contribution in [0.2, 0.25) is 0 Å². The highest BCUT2D eigenvalue weighted by atomic mass is 16.1. The van der Waals surface area contributed by atoms with Crippen LogP contribution >= 0.6 is 0 Å². The standard InChI is InChI=1S/C25H27N5O2/c31-24(26-12-6-16-28-14-4-5-15-28)20-9-10-21-23(17-20)29(18-19-7-2-1-3-8-19)25(32)22-11-13-27-30(21)22/h1-3,7-11,13,17H,4-6,12,14-16,18H2,(H,26,31). The van der Waals surface area contributed by atoms with Crippen LogP contribution < -0.4 is 10.9 Å². The molecule has 1 amide bonds. The number of carbonyl (C=O) groups is 1. The maximum absolute atomic E-state index is 13.2. The molecule has 1 aliphatic heterocycles. The Morgan fingerprint density at radius 2 is 1.78 bits per heavy atom. The van der Waals surface area contributed by atoms with Crippen molar-refractivity contribution in [2.75, 3.05) is 26.2 Å². The molecule has 2 aromatic heterocycles. The van der Waals surface area contributed by atoms with Crippen LogP contribution in [0.4, 0.5) is 0 Å². The first-order chi connectivity index (χ1) is 15.7. The van der Waals surface area contributed by atoms with Gasteiger partial charge in [0.1, 0.15) is 5.52 Å². The second-order valence-corrected chi connectivity index (χ2v) is 8.37. The molecule has 1 fully saturated rings. The number of nitrogens with zero attached hydrogens (tertiary/aromatic N) is 4. The number of aromatic nitrogens is 3. The Hall–Kier alpha value is -3.45. The molecule has 2 aromatic carbocycles.